The van der Waals surface area contributed by atoms with E-state index in [1.165, 1.54) is 0 Å². The highest BCUT2D eigenvalue weighted by Crippen LogP contribution is 2.54. The molecule has 0 radical (unpaired) electrons. The zero-order valence-electron chi connectivity index (χ0n) is 15.2. The molecule has 30 heavy (non-hydrogen) atoms. The molecule has 6 heteroatoms. The Kier molecular flexibility index (Phi) is 2.59. The van der Waals surface area contributed by atoms with E-state index in [1.807, 2.05) is 24.3 Å². The molecule has 7 rings (SSSR count). The van der Waals surface area contributed by atoms with Gasteiger partial charge in [0, 0.05) is 11.3 Å². The monoisotopic (exact) mass is 394 g/mol. The molecule has 0 N–H and O–H groups in total. The Bertz CT molecular complexity index is 1440. The molecule has 3 aliphatic carbocycles. The molecule has 0 bridgehead atoms. The highest BCUT2D eigenvalue weighted by atomic mass is 16.6. The van der Waals surface area contributed by atoms with Gasteiger partial charge in [-0.2, -0.15) is 0 Å². The normalized spacial score (nSPS) is 24.9. The largest absolute Gasteiger partial charge is 0.389 e. The van der Waals surface area contributed by atoms with Crippen LogP contribution in [0.3, 0.4) is 0 Å². The molecule has 6 nitrogen and oxygen atoms in total. The molecule has 0 amide bonds. The van der Waals surface area contributed by atoms with Crippen LogP contribution in [0.5, 0.6) is 0 Å². The van der Waals surface area contributed by atoms with Crippen molar-refractivity contribution in [2.75, 3.05) is 0 Å². The number of esters is 4. The SMILES string of the molecule is O=C1OC(=O)C2C=CC3=C4C2=C1C=CC4c1ccc2c4c(ccc3c14)C(=O)OC2=O. The Morgan fingerprint density at radius 1 is 0.600 bits per heavy atom. The number of fused-ring (bicyclic) bond motifs is 2. The van der Waals surface area contributed by atoms with E-state index in [9.17, 15) is 19.2 Å². The third-order valence-electron chi connectivity index (χ3n) is 6.51. The van der Waals surface area contributed by atoms with E-state index in [-0.39, 0.29) is 5.92 Å². The summed E-state index contributed by atoms with van der Waals surface area (Å²) in [4.78, 5) is 49.4. The number of cyclic esters (lactones) is 4. The number of hydrogen-bond donors (Lipinski definition) is 0. The lowest BCUT2D eigenvalue weighted by molar-refractivity contribution is -0.159. The standard InChI is InChI=1S/C24H10O6/c25-21-13-5-1-9-10-2-6-15-20-16(24(28)30-23(15)27)8-4-12(18(10)20)11-3-7-14(22(26)29-21)19(13)17(9)11/h1-9,14H. The van der Waals surface area contributed by atoms with Crippen LogP contribution in [0, 0.1) is 5.92 Å². The van der Waals surface area contributed by atoms with Gasteiger partial charge in [-0.25, -0.2) is 14.4 Å². The molecule has 0 fully saturated rings. The predicted octanol–water partition coefficient (Wildman–Crippen LogP) is 3.14. The predicted molar refractivity (Wildman–Crippen MR) is 103 cm³/mol. The zero-order chi connectivity index (χ0) is 20.3. The molecule has 2 atom stereocenters. The second kappa shape index (κ2) is 4.91. The highest BCUT2D eigenvalue weighted by molar-refractivity contribution is 6.24. The van der Waals surface area contributed by atoms with E-state index in [2.05, 4.69) is 0 Å². The van der Waals surface area contributed by atoms with Crippen LogP contribution < -0.4 is 0 Å². The Labute approximate surface area is 168 Å². The Morgan fingerprint density at radius 3 is 2.03 bits per heavy atom. The van der Waals surface area contributed by atoms with Crippen LogP contribution in [-0.2, 0) is 19.1 Å². The van der Waals surface area contributed by atoms with Gasteiger partial charge < -0.3 is 9.47 Å². The van der Waals surface area contributed by atoms with Crippen LogP contribution in [0.1, 0.15) is 37.8 Å². The number of carbonyl (C=O) groups excluding carboxylic acids is 4. The van der Waals surface area contributed by atoms with Crippen molar-refractivity contribution in [2.45, 2.75) is 5.92 Å². The summed E-state index contributed by atoms with van der Waals surface area (Å²) < 4.78 is 9.80. The van der Waals surface area contributed by atoms with Crippen molar-refractivity contribution in [3.63, 3.8) is 0 Å². The zero-order valence-corrected chi connectivity index (χ0v) is 15.2. The molecule has 2 aliphatic heterocycles. The lowest BCUT2D eigenvalue weighted by atomic mass is 9.65. The first-order valence-corrected chi connectivity index (χ1v) is 9.52. The minimum absolute atomic E-state index is 0.199. The van der Waals surface area contributed by atoms with Crippen molar-refractivity contribution in [3.8, 4) is 0 Å². The van der Waals surface area contributed by atoms with Gasteiger partial charge in [0.25, 0.3) is 0 Å². The maximum Gasteiger partial charge on any atom is 0.346 e. The Balaban J connectivity index is 1.63. The molecule has 5 aliphatic rings. The third-order valence-corrected chi connectivity index (χ3v) is 6.51. The first-order chi connectivity index (χ1) is 14.5. The van der Waals surface area contributed by atoms with Gasteiger partial charge in [0.1, 0.15) is 5.92 Å². The maximum absolute atomic E-state index is 12.4. The average molecular weight is 394 g/mol. The third kappa shape index (κ3) is 1.63. The summed E-state index contributed by atoms with van der Waals surface area (Å²) in [6.07, 6.45) is 7.25. The maximum atomic E-state index is 12.4. The van der Waals surface area contributed by atoms with Crippen molar-refractivity contribution in [1.82, 2.24) is 0 Å². The molecule has 0 spiro atoms. The van der Waals surface area contributed by atoms with Crippen LogP contribution >= 0.6 is 0 Å². The summed E-state index contributed by atoms with van der Waals surface area (Å²) >= 11 is 0. The number of benzene rings is 2. The average Bonchev–Trinajstić information content (AvgIpc) is 2.74. The number of hydrogen-bond acceptors (Lipinski definition) is 6. The van der Waals surface area contributed by atoms with Crippen molar-refractivity contribution >= 4 is 40.2 Å². The summed E-state index contributed by atoms with van der Waals surface area (Å²) in [6.45, 7) is 0. The van der Waals surface area contributed by atoms with E-state index in [4.69, 9.17) is 9.47 Å². The minimum atomic E-state index is -0.653. The number of allylic oxidation sites excluding steroid dienone is 4. The topological polar surface area (TPSA) is 86.7 Å². The van der Waals surface area contributed by atoms with Crippen molar-refractivity contribution < 1.29 is 28.7 Å². The smallest absolute Gasteiger partial charge is 0.346 e. The van der Waals surface area contributed by atoms with E-state index in [0.29, 0.717) is 27.7 Å². The summed E-state index contributed by atoms with van der Waals surface area (Å²) in [6, 6.07) is 7.05. The molecular formula is C24H10O6. The lowest BCUT2D eigenvalue weighted by Gasteiger charge is -2.39. The summed E-state index contributed by atoms with van der Waals surface area (Å²) in [5.74, 6) is -3.32. The van der Waals surface area contributed by atoms with Crippen LogP contribution in [0.2, 0.25) is 0 Å². The second-order valence-corrected chi connectivity index (χ2v) is 7.83. The van der Waals surface area contributed by atoms with Crippen molar-refractivity contribution in [3.05, 3.63) is 87.5 Å². The quantitative estimate of drug-likeness (QED) is 0.504. The summed E-state index contributed by atoms with van der Waals surface area (Å²) in [5.41, 5.74) is 5.41. The molecule has 2 unspecified atom stereocenters. The first-order valence-electron chi connectivity index (χ1n) is 9.52. The fraction of sp³-hybridized carbons (Fsp3) is 0.0833. The summed E-state index contributed by atoms with van der Waals surface area (Å²) in [5, 5.41) is 1.43. The molecule has 2 heterocycles. The van der Waals surface area contributed by atoms with Crippen molar-refractivity contribution in [2.24, 2.45) is 5.92 Å². The van der Waals surface area contributed by atoms with Gasteiger partial charge in [0.2, 0.25) is 0 Å². The molecule has 142 valence electrons. The molecule has 0 aromatic heterocycles. The van der Waals surface area contributed by atoms with E-state index in [0.717, 1.165) is 27.7 Å². The number of rotatable bonds is 0. The van der Waals surface area contributed by atoms with Crippen LogP contribution in [0.25, 0.3) is 16.3 Å². The van der Waals surface area contributed by atoms with E-state index >= 15 is 0 Å². The van der Waals surface area contributed by atoms with Gasteiger partial charge in [-0.15, -0.1) is 0 Å². The molecule has 0 saturated carbocycles. The van der Waals surface area contributed by atoms with E-state index in [1.54, 1.807) is 24.3 Å². The van der Waals surface area contributed by atoms with Crippen molar-refractivity contribution in [1.29, 1.82) is 0 Å². The Morgan fingerprint density at radius 2 is 1.23 bits per heavy atom. The van der Waals surface area contributed by atoms with Gasteiger partial charge in [0.15, 0.2) is 0 Å². The highest BCUT2D eigenvalue weighted by Gasteiger charge is 2.45. The first kappa shape index (κ1) is 15.8. The molecule has 0 saturated heterocycles. The molecular weight excluding hydrogens is 384 g/mol. The van der Waals surface area contributed by atoms with Gasteiger partial charge in [-0.05, 0) is 45.4 Å². The van der Waals surface area contributed by atoms with Gasteiger partial charge in [-0.3, -0.25) is 4.79 Å². The second-order valence-electron chi connectivity index (χ2n) is 7.83. The van der Waals surface area contributed by atoms with Gasteiger partial charge >= 0.3 is 23.9 Å². The number of ether oxygens (including phenoxy) is 2. The summed E-state index contributed by atoms with van der Waals surface area (Å²) in [7, 11) is 0. The fourth-order valence-electron chi connectivity index (χ4n) is 5.34. The van der Waals surface area contributed by atoms with Crippen LogP contribution in [-0.4, -0.2) is 23.9 Å². The fourth-order valence-corrected chi connectivity index (χ4v) is 5.34. The van der Waals surface area contributed by atoms with Crippen LogP contribution in [0.4, 0.5) is 0 Å². The van der Waals surface area contributed by atoms with Gasteiger partial charge in [-0.1, -0.05) is 36.4 Å². The lowest BCUT2D eigenvalue weighted by Crippen LogP contribution is -2.35. The van der Waals surface area contributed by atoms with E-state index < -0.39 is 29.8 Å². The Hall–Kier alpha value is -4.06. The minimum Gasteiger partial charge on any atom is -0.389 e. The molecule has 2 aromatic rings. The van der Waals surface area contributed by atoms with Crippen LogP contribution in [0.15, 0.2) is 65.3 Å². The number of carbonyl (C=O) groups is 4. The van der Waals surface area contributed by atoms with Gasteiger partial charge in [0.05, 0.1) is 16.7 Å². The molecule has 2 aromatic carbocycles.